The second-order valence-corrected chi connectivity index (χ2v) is 21.6. The van der Waals surface area contributed by atoms with Crippen molar-refractivity contribution in [2.45, 2.75) is 227 Å². The van der Waals surface area contributed by atoms with Crippen LogP contribution in [-0.4, -0.2) is 372 Å². The summed E-state index contributed by atoms with van der Waals surface area (Å²) in [6.07, 6.45) is -68.5. The van der Waals surface area contributed by atoms with Gasteiger partial charge in [0.1, 0.15) is 171 Å². The zero-order valence-corrected chi connectivity index (χ0v) is 44.9. The Hall–Kier alpha value is -1.74. The largest absolute Gasteiger partial charge is 0.394 e. The second kappa shape index (κ2) is 28.0. The summed E-state index contributed by atoms with van der Waals surface area (Å²) in [5.41, 5.74) is 0.399. The zero-order valence-electron chi connectivity index (χ0n) is 43.3. The van der Waals surface area contributed by atoms with Crippen LogP contribution in [0, 0.1) is 0 Å². The molecule has 22 rings (SSSR count). The first-order valence-electron chi connectivity index (χ1n) is 26.4. The highest BCUT2D eigenvalue weighted by molar-refractivity contribution is 9.08. The monoisotopic (exact) mass is 1280 g/mol. The van der Waals surface area contributed by atoms with Crippen molar-refractivity contribution in [3.8, 4) is 0 Å². The zero-order chi connectivity index (χ0) is 60.0. The average Bonchev–Trinajstić information content (AvgIpc) is 3.62. The van der Waals surface area contributed by atoms with Crippen LogP contribution < -0.4 is 0 Å². The second-order valence-electron chi connectivity index (χ2n) is 21.0. The SMILES string of the molecule is OC[C@H]1O[C@@H]2O[C@H]3[C@H](O)[C@@H](O)[C@@H](O[C@H]4[C@H](O)[C@@H](O)[C@@H](O[C@H]5[C@H](O)[C@@H](O)[C@@H](O[C@H]6[C@H](O)[C@@H](O)[C@@H](O[C@H]7[C@H](O)[C@@H](O)[C@@H](O[C@H]8[C@H](O)[C@@H](O)[C@@H](O[C@H]1[C@H](O)[C@H]2O)O[C@@H]8CO)O[C@@H]7CO)O[C@@H]6CO)O[C@@H]5Cn1cc(CBr)nn1)O[C@@H]4CO)O[C@@H]3CO. The molecule has 21 fully saturated rings. The molecule has 1 aromatic heterocycles. The van der Waals surface area contributed by atoms with Gasteiger partial charge in [-0.3, -0.25) is 0 Å². The quantitative estimate of drug-likeness (QED) is 0.102. The Labute approximate surface area is 476 Å². The molecule has 0 aromatic carbocycles. The normalized spacial score (nSPS) is 52.2. The first kappa shape index (κ1) is 65.7. The fourth-order valence-corrected chi connectivity index (χ4v) is 11.3. The van der Waals surface area contributed by atoms with Crippen LogP contribution in [-0.2, 0) is 78.2 Å². The fraction of sp³-hybridized carbons (Fsp3) is 0.956. The maximum absolute atomic E-state index is 11.8. The van der Waals surface area contributed by atoms with Gasteiger partial charge in [-0.15, -0.1) is 5.10 Å². The molecule has 21 saturated heterocycles. The van der Waals surface area contributed by atoms with Crippen molar-refractivity contribution in [2.75, 3.05) is 39.6 Å². The molecule has 478 valence electrons. The van der Waals surface area contributed by atoms with Gasteiger partial charge in [0.05, 0.1) is 51.9 Å². The summed E-state index contributed by atoms with van der Waals surface area (Å²) in [4.78, 5) is 0. The van der Waals surface area contributed by atoms with E-state index < -0.39 is 261 Å². The van der Waals surface area contributed by atoms with E-state index >= 15 is 0 Å². The van der Waals surface area contributed by atoms with Crippen molar-refractivity contribution in [3.05, 3.63) is 11.9 Å². The molecule has 0 saturated carbocycles. The standard InChI is InChI=1S/C45H72BrN3O34/c46-1-10-2-49(48-47-10)3-11-32-18(56)25(63)39(70-11)78-33-12(4-50)72-41(27(65)20(33)58)80-35-14(6-52)74-43(29(67)22(35)60)82-37-16(8-54)76-45(31(69)24(37)62)83-38-17(9-55)75-44(30(68)23(38)61)81-36-15(7-53)73-42(28(66)21(36)59)79-34-13(5-51)71-40(77-32)26(64)19(34)57/h2,11-45,50-69H,1,3-9H2/t11-,12-,13-,14-,15-,16-,17-,18-,19-,20-,21-,22-,23-,24-,25-,26-,27-,28-,29-,30-,31-,32-,33-,34-,35-,36-,37-,38-,39-,40-,41-,42-,43-,44-,45-/m1/s1. The molecule has 21 aliphatic heterocycles. The Morgan fingerprint density at radius 2 is 0.494 bits per heavy atom. The third kappa shape index (κ3) is 13.2. The van der Waals surface area contributed by atoms with Gasteiger partial charge in [0.2, 0.25) is 0 Å². The van der Waals surface area contributed by atoms with E-state index in [4.69, 9.17) is 66.3 Å². The van der Waals surface area contributed by atoms with Gasteiger partial charge >= 0.3 is 0 Å². The summed E-state index contributed by atoms with van der Waals surface area (Å²) in [5.74, 6) is 0. The summed E-state index contributed by atoms with van der Waals surface area (Å²) in [6, 6.07) is 0. The number of aromatic nitrogens is 3. The van der Waals surface area contributed by atoms with E-state index in [1.165, 1.54) is 10.9 Å². The molecule has 20 N–H and O–H groups in total. The van der Waals surface area contributed by atoms with Gasteiger partial charge in [-0.1, -0.05) is 21.1 Å². The maximum Gasteiger partial charge on any atom is 0.187 e. The van der Waals surface area contributed by atoms with Crippen LogP contribution in [0.25, 0.3) is 0 Å². The van der Waals surface area contributed by atoms with E-state index in [2.05, 4.69) is 26.2 Å². The van der Waals surface area contributed by atoms with E-state index in [1.54, 1.807) is 0 Å². The van der Waals surface area contributed by atoms with Crippen molar-refractivity contribution >= 4 is 15.9 Å². The predicted octanol–water partition coefficient (Wildman–Crippen LogP) is -14.0. The molecule has 14 bridgehead atoms. The van der Waals surface area contributed by atoms with Crippen molar-refractivity contribution in [1.82, 2.24) is 15.0 Å². The van der Waals surface area contributed by atoms with E-state index in [9.17, 15) is 102 Å². The van der Waals surface area contributed by atoms with E-state index in [1.807, 2.05) is 0 Å². The molecule has 37 nitrogen and oxygen atoms in total. The summed E-state index contributed by atoms with van der Waals surface area (Å²) < 4.78 is 82.3. The van der Waals surface area contributed by atoms with Crippen LogP contribution in [0.3, 0.4) is 0 Å². The Bertz CT molecular complexity index is 2170. The number of ether oxygens (including phenoxy) is 14. The Kier molecular flexibility index (Phi) is 22.1. The van der Waals surface area contributed by atoms with Gasteiger partial charge in [0, 0.05) is 11.5 Å². The third-order valence-corrected chi connectivity index (χ3v) is 16.3. The highest BCUT2D eigenvalue weighted by Gasteiger charge is 2.59. The number of alkyl halides is 1. The minimum Gasteiger partial charge on any atom is -0.394 e. The van der Waals surface area contributed by atoms with Crippen LogP contribution in [0.15, 0.2) is 6.20 Å². The Morgan fingerprint density at radius 1 is 0.301 bits per heavy atom. The van der Waals surface area contributed by atoms with Crippen molar-refractivity contribution in [3.63, 3.8) is 0 Å². The van der Waals surface area contributed by atoms with Gasteiger partial charge in [0.25, 0.3) is 0 Å². The molecule has 1 aromatic rings. The minimum absolute atomic E-state index is 0.221. The van der Waals surface area contributed by atoms with E-state index in [0.717, 1.165) is 0 Å². The molecule has 38 heteroatoms. The summed E-state index contributed by atoms with van der Waals surface area (Å²) in [7, 11) is 0. The topological polar surface area (TPSA) is 565 Å². The first-order valence-corrected chi connectivity index (χ1v) is 27.5. The predicted molar refractivity (Wildman–Crippen MR) is 254 cm³/mol. The van der Waals surface area contributed by atoms with Gasteiger partial charge in [-0.25, -0.2) is 4.68 Å². The highest BCUT2D eigenvalue weighted by atomic mass is 79.9. The number of aliphatic hydroxyl groups excluding tert-OH is 20. The van der Waals surface area contributed by atoms with Crippen molar-refractivity contribution in [1.29, 1.82) is 0 Å². The summed E-state index contributed by atoms with van der Waals surface area (Å²) in [6.45, 7) is -6.67. The maximum atomic E-state index is 11.8. The molecule has 0 radical (unpaired) electrons. The van der Waals surface area contributed by atoms with Crippen molar-refractivity contribution < 1.29 is 168 Å². The van der Waals surface area contributed by atoms with Gasteiger partial charge in [-0.05, 0) is 0 Å². The number of hydrogen-bond acceptors (Lipinski definition) is 36. The van der Waals surface area contributed by atoms with Crippen LogP contribution in [0.5, 0.6) is 0 Å². The molecule has 0 aliphatic carbocycles. The third-order valence-electron chi connectivity index (χ3n) is 15.7. The first-order chi connectivity index (χ1) is 39.6. The van der Waals surface area contributed by atoms with E-state index in [0.29, 0.717) is 5.69 Å². The fourth-order valence-electron chi connectivity index (χ4n) is 11.1. The molecule has 0 unspecified atom stereocenters. The lowest BCUT2D eigenvalue weighted by Gasteiger charge is -2.50. The number of nitrogens with zero attached hydrogens (tertiary/aromatic N) is 3. The number of rotatable bonds is 9. The van der Waals surface area contributed by atoms with Crippen molar-refractivity contribution in [2.24, 2.45) is 0 Å². The number of aliphatic hydroxyl groups is 20. The van der Waals surface area contributed by atoms with Gasteiger partial charge in [-0.2, -0.15) is 0 Å². The smallest absolute Gasteiger partial charge is 0.187 e. The Morgan fingerprint density at radius 3 is 0.675 bits per heavy atom. The lowest BCUT2D eigenvalue weighted by molar-refractivity contribution is -0.396. The molecule has 0 amide bonds. The average molecular weight is 1280 g/mol. The molecular formula is C45H72BrN3O34. The van der Waals surface area contributed by atoms with Crippen LogP contribution >= 0.6 is 15.9 Å². The molecule has 35 atom stereocenters. The van der Waals surface area contributed by atoms with Crippen LogP contribution in [0.2, 0.25) is 0 Å². The van der Waals surface area contributed by atoms with Gasteiger partial charge in [0.15, 0.2) is 44.0 Å². The number of hydrogen-bond donors (Lipinski definition) is 20. The number of halogens is 1. The van der Waals surface area contributed by atoms with Crippen LogP contribution in [0.1, 0.15) is 5.69 Å². The Balaban J connectivity index is 1.02. The van der Waals surface area contributed by atoms with E-state index in [-0.39, 0.29) is 5.33 Å². The van der Waals surface area contributed by atoms with Gasteiger partial charge < -0.3 is 168 Å². The molecule has 0 spiro atoms. The highest BCUT2D eigenvalue weighted by Crippen LogP contribution is 2.39. The molecular weight excluding hydrogens is 1210 g/mol. The lowest BCUT2D eigenvalue weighted by Crippen LogP contribution is -2.68. The molecule has 83 heavy (non-hydrogen) atoms. The molecule has 22 heterocycles. The minimum atomic E-state index is -2.21. The molecule has 21 aliphatic rings. The van der Waals surface area contributed by atoms with Crippen LogP contribution in [0.4, 0.5) is 0 Å². The lowest BCUT2D eigenvalue weighted by atomic mass is 9.95. The summed E-state index contributed by atoms with van der Waals surface area (Å²) in [5, 5.41) is 231. The summed E-state index contributed by atoms with van der Waals surface area (Å²) >= 11 is 3.25.